The number of halogens is 1. The Kier molecular flexibility index (Phi) is 5.92. The summed E-state index contributed by atoms with van der Waals surface area (Å²) in [5, 5.41) is 0. The Morgan fingerprint density at radius 1 is 1.06 bits per heavy atom. The molecule has 0 aliphatic heterocycles. The average molecular weight is 472 g/mol. The van der Waals surface area contributed by atoms with Gasteiger partial charge in [-0.1, -0.05) is 24.3 Å². The van der Waals surface area contributed by atoms with Gasteiger partial charge >= 0.3 is 5.97 Å². The van der Waals surface area contributed by atoms with Crippen LogP contribution in [0.2, 0.25) is 0 Å². The lowest BCUT2D eigenvalue weighted by atomic mass is 10.1. The fraction of sp³-hybridized carbons (Fsp3) is 0.0800. The lowest BCUT2D eigenvalue weighted by molar-refractivity contribution is -0.139. The Morgan fingerprint density at radius 2 is 1.91 bits per heavy atom. The number of aromatic nitrogens is 5. The molecule has 0 fully saturated rings. The van der Waals surface area contributed by atoms with Crippen LogP contribution >= 0.6 is 11.7 Å². The Bertz CT molecular complexity index is 1520. The molecule has 0 bridgehead atoms. The van der Waals surface area contributed by atoms with Crippen LogP contribution in [0.15, 0.2) is 66.7 Å². The van der Waals surface area contributed by atoms with Crippen LogP contribution in [0.25, 0.3) is 39.8 Å². The number of hydrogen-bond acceptors (Lipinski definition) is 7. The molecule has 5 aromatic rings. The maximum atomic E-state index is 13.3. The number of nitrogens with zero attached hydrogens (tertiary/aromatic N) is 4. The van der Waals surface area contributed by atoms with Crippen molar-refractivity contribution < 1.29 is 13.9 Å². The van der Waals surface area contributed by atoms with Crippen molar-refractivity contribution in [1.82, 2.24) is 23.7 Å². The van der Waals surface area contributed by atoms with Gasteiger partial charge in [-0.25, -0.2) is 14.2 Å². The summed E-state index contributed by atoms with van der Waals surface area (Å²) in [6.07, 6.45) is 2.75. The molecular formula is C25H18FN5O2S. The summed E-state index contributed by atoms with van der Waals surface area (Å²) in [5.41, 5.74) is 6.00. The van der Waals surface area contributed by atoms with Crippen LogP contribution in [0.4, 0.5) is 4.39 Å². The smallest absolute Gasteiger partial charge is 0.331 e. The van der Waals surface area contributed by atoms with Gasteiger partial charge in [0.05, 0.1) is 28.8 Å². The van der Waals surface area contributed by atoms with Crippen molar-refractivity contribution in [3.63, 3.8) is 0 Å². The third-order valence-electron chi connectivity index (χ3n) is 5.04. The number of H-pyrrole nitrogens is 1. The minimum atomic E-state index is -0.563. The van der Waals surface area contributed by atoms with E-state index in [9.17, 15) is 9.18 Å². The Balaban J connectivity index is 1.41. The third kappa shape index (κ3) is 4.74. The Morgan fingerprint density at radius 3 is 2.76 bits per heavy atom. The highest BCUT2D eigenvalue weighted by Gasteiger charge is 2.17. The molecule has 0 aliphatic rings. The van der Waals surface area contributed by atoms with Gasteiger partial charge in [0.1, 0.15) is 29.3 Å². The first-order chi connectivity index (χ1) is 16.5. The van der Waals surface area contributed by atoms with Gasteiger partial charge in [-0.2, -0.15) is 8.75 Å². The molecule has 0 radical (unpaired) electrons. The number of benzene rings is 2. The fourth-order valence-electron chi connectivity index (χ4n) is 3.46. The van der Waals surface area contributed by atoms with Gasteiger partial charge in [-0.05, 0) is 55.0 Å². The zero-order chi connectivity index (χ0) is 23.5. The van der Waals surface area contributed by atoms with Gasteiger partial charge in [-0.3, -0.25) is 4.98 Å². The molecule has 34 heavy (non-hydrogen) atoms. The molecule has 2 aromatic carbocycles. The van der Waals surface area contributed by atoms with Crippen LogP contribution < -0.4 is 0 Å². The number of imidazole rings is 1. The number of nitrogens with one attached hydrogen (secondary N) is 1. The van der Waals surface area contributed by atoms with E-state index in [1.807, 2.05) is 43.3 Å². The van der Waals surface area contributed by atoms with E-state index < -0.39 is 5.97 Å². The van der Waals surface area contributed by atoms with Crippen molar-refractivity contribution in [2.24, 2.45) is 0 Å². The molecule has 168 valence electrons. The van der Waals surface area contributed by atoms with E-state index in [1.165, 1.54) is 24.3 Å². The van der Waals surface area contributed by atoms with E-state index in [4.69, 9.17) is 4.74 Å². The summed E-state index contributed by atoms with van der Waals surface area (Å²) in [7, 11) is 0. The van der Waals surface area contributed by atoms with Gasteiger partial charge in [0.25, 0.3) is 0 Å². The maximum absolute atomic E-state index is 13.3. The standard InChI is InChI=1S/C25H18FN5O2S/c1-15-4-2-7-20(27-15)25-24(17-9-10-19-21(13-17)31-34-30-19)28-22(29-25)14-33-23(32)11-8-16-5-3-6-18(26)12-16/h2-13H,14H2,1H3,(H,28,29)/b11-8+. The van der Waals surface area contributed by atoms with E-state index in [0.29, 0.717) is 22.8 Å². The van der Waals surface area contributed by atoms with E-state index in [1.54, 1.807) is 12.1 Å². The lowest BCUT2D eigenvalue weighted by Crippen LogP contribution is -2.02. The van der Waals surface area contributed by atoms with Gasteiger partial charge in [0.15, 0.2) is 0 Å². The molecule has 3 aromatic heterocycles. The summed E-state index contributed by atoms with van der Waals surface area (Å²) >= 11 is 1.15. The molecule has 1 N–H and O–H groups in total. The second-order valence-electron chi connectivity index (χ2n) is 7.54. The molecule has 0 amide bonds. The number of aromatic amines is 1. The van der Waals surface area contributed by atoms with Crippen molar-refractivity contribution in [3.05, 3.63) is 89.6 Å². The van der Waals surface area contributed by atoms with E-state index in [0.717, 1.165) is 39.7 Å². The number of rotatable bonds is 6. The molecule has 0 saturated carbocycles. The largest absolute Gasteiger partial charge is 0.454 e. The summed E-state index contributed by atoms with van der Waals surface area (Å²) in [4.78, 5) is 24.7. The molecule has 5 rings (SSSR count). The number of hydrogen-bond donors (Lipinski definition) is 1. The van der Waals surface area contributed by atoms with Crippen LogP contribution in [-0.4, -0.2) is 29.7 Å². The molecular weight excluding hydrogens is 453 g/mol. The zero-order valence-electron chi connectivity index (χ0n) is 18.0. The third-order valence-corrected chi connectivity index (χ3v) is 5.59. The second kappa shape index (κ2) is 9.32. The Hall–Kier alpha value is -4.24. The number of aryl methyl sites for hydroxylation is 1. The SMILES string of the molecule is Cc1cccc(-c2[nH]c(COC(=O)/C=C/c3cccc(F)c3)nc2-c2ccc3nsnc3c2)n1. The predicted molar refractivity (Wildman–Crippen MR) is 128 cm³/mol. The minimum Gasteiger partial charge on any atom is -0.454 e. The Labute approximate surface area is 198 Å². The number of ether oxygens (including phenoxy) is 1. The van der Waals surface area contributed by atoms with Crippen LogP contribution in [0.5, 0.6) is 0 Å². The second-order valence-corrected chi connectivity index (χ2v) is 8.06. The predicted octanol–water partition coefficient (Wildman–Crippen LogP) is 5.35. The van der Waals surface area contributed by atoms with Gasteiger partial charge < -0.3 is 9.72 Å². The topological polar surface area (TPSA) is 93.7 Å². The van der Waals surface area contributed by atoms with Crippen LogP contribution in [0, 0.1) is 12.7 Å². The molecule has 0 unspecified atom stereocenters. The van der Waals surface area contributed by atoms with Crippen molar-refractivity contribution in [3.8, 4) is 22.6 Å². The zero-order valence-corrected chi connectivity index (χ0v) is 18.8. The highest BCUT2D eigenvalue weighted by Crippen LogP contribution is 2.31. The summed E-state index contributed by atoms with van der Waals surface area (Å²) in [6, 6.07) is 17.4. The van der Waals surface area contributed by atoms with Gasteiger partial charge in [0, 0.05) is 17.3 Å². The van der Waals surface area contributed by atoms with E-state index in [-0.39, 0.29) is 12.4 Å². The monoisotopic (exact) mass is 471 g/mol. The summed E-state index contributed by atoms with van der Waals surface area (Å²) < 4.78 is 27.2. The number of pyridine rings is 1. The number of esters is 1. The van der Waals surface area contributed by atoms with Crippen molar-refractivity contribution >= 4 is 34.8 Å². The van der Waals surface area contributed by atoms with Crippen molar-refractivity contribution in [1.29, 1.82) is 0 Å². The van der Waals surface area contributed by atoms with Gasteiger partial charge in [-0.15, -0.1) is 0 Å². The molecule has 0 saturated heterocycles. The van der Waals surface area contributed by atoms with E-state index >= 15 is 0 Å². The molecule has 0 atom stereocenters. The molecule has 0 aliphatic carbocycles. The lowest BCUT2D eigenvalue weighted by Gasteiger charge is -2.03. The molecule has 9 heteroatoms. The molecule has 7 nitrogen and oxygen atoms in total. The average Bonchev–Trinajstić information content (AvgIpc) is 3.48. The maximum Gasteiger partial charge on any atom is 0.331 e. The number of carbonyl (C=O) groups is 1. The summed E-state index contributed by atoms with van der Waals surface area (Å²) in [6.45, 7) is 1.85. The number of carbonyl (C=O) groups excluding carboxylic acids is 1. The highest BCUT2D eigenvalue weighted by molar-refractivity contribution is 7.00. The normalized spacial score (nSPS) is 11.4. The van der Waals surface area contributed by atoms with Crippen molar-refractivity contribution in [2.45, 2.75) is 13.5 Å². The van der Waals surface area contributed by atoms with E-state index in [2.05, 4.69) is 23.7 Å². The first-order valence-electron chi connectivity index (χ1n) is 10.4. The fourth-order valence-corrected chi connectivity index (χ4v) is 3.98. The first-order valence-corrected chi connectivity index (χ1v) is 11.1. The molecule has 0 spiro atoms. The van der Waals surface area contributed by atoms with Crippen LogP contribution in [-0.2, 0) is 16.1 Å². The number of fused-ring (bicyclic) bond motifs is 1. The highest BCUT2D eigenvalue weighted by atomic mass is 32.1. The van der Waals surface area contributed by atoms with Crippen LogP contribution in [0.3, 0.4) is 0 Å². The van der Waals surface area contributed by atoms with Gasteiger partial charge in [0.2, 0.25) is 0 Å². The van der Waals surface area contributed by atoms with Crippen LogP contribution in [0.1, 0.15) is 17.1 Å². The first kappa shape index (κ1) is 21.6. The minimum absolute atomic E-state index is 0.0638. The summed E-state index contributed by atoms with van der Waals surface area (Å²) in [5.74, 6) is -0.465. The quantitative estimate of drug-likeness (QED) is 0.265. The van der Waals surface area contributed by atoms with Crippen molar-refractivity contribution in [2.75, 3.05) is 0 Å². The molecule has 3 heterocycles.